The van der Waals surface area contributed by atoms with Gasteiger partial charge in [0.05, 0.1) is 4.90 Å². The van der Waals surface area contributed by atoms with Crippen LogP contribution in [0.4, 0.5) is 0 Å². The Balaban J connectivity index is 1.71. The van der Waals surface area contributed by atoms with Crippen LogP contribution in [0.3, 0.4) is 0 Å². The third-order valence-electron chi connectivity index (χ3n) is 5.46. The van der Waals surface area contributed by atoms with Crippen LogP contribution in [0.2, 0.25) is 0 Å². The van der Waals surface area contributed by atoms with E-state index in [0.29, 0.717) is 17.1 Å². The Morgan fingerprint density at radius 2 is 1.81 bits per heavy atom. The van der Waals surface area contributed by atoms with E-state index in [4.69, 9.17) is 0 Å². The van der Waals surface area contributed by atoms with Gasteiger partial charge in [-0.1, -0.05) is 43.5 Å². The van der Waals surface area contributed by atoms with E-state index < -0.39 is 10.0 Å². The van der Waals surface area contributed by atoms with E-state index in [0.717, 1.165) is 23.8 Å². The number of fused-ring (bicyclic) bond motifs is 1. The van der Waals surface area contributed by atoms with Crippen molar-refractivity contribution in [3.8, 4) is 11.4 Å². The van der Waals surface area contributed by atoms with E-state index in [1.165, 1.54) is 19.3 Å². The topological polar surface area (TPSA) is 101 Å². The van der Waals surface area contributed by atoms with Gasteiger partial charge in [0.2, 0.25) is 15.8 Å². The molecule has 1 saturated carbocycles. The molecule has 0 bridgehead atoms. The first-order valence-electron chi connectivity index (χ1n) is 9.34. The monoisotopic (exact) mass is 385 g/mol. The maximum absolute atomic E-state index is 13.1. The average molecular weight is 385 g/mol. The van der Waals surface area contributed by atoms with Crippen LogP contribution < -0.4 is 4.72 Å². The van der Waals surface area contributed by atoms with E-state index in [9.17, 15) is 8.42 Å². The third kappa shape index (κ3) is 3.59. The molecular formula is C19H23N5O2S. The van der Waals surface area contributed by atoms with Crippen LogP contribution in [0, 0.1) is 5.92 Å². The quantitative estimate of drug-likeness (QED) is 0.702. The Hall–Kier alpha value is -2.32. The molecule has 4 rings (SSSR count). The van der Waals surface area contributed by atoms with E-state index in [1.807, 2.05) is 31.2 Å². The molecule has 27 heavy (non-hydrogen) atoms. The molecule has 0 amide bonds. The zero-order valence-electron chi connectivity index (χ0n) is 15.2. The number of hydrogen-bond donors (Lipinski definition) is 2. The summed E-state index contributed by atoms with van der Waals surface area (Å²) in [5.41, 5.74) is 0.749. The van der Waals surface area contributed by atoms with Crippen LogP contribution >= 0.6 is 0 Å². The molecule has 3 aromatic rings. The standard InChI is InChI=1S/C19H23N5O2S/c1-13(14-7-3-2-4-8-14)22-27(25,26)18-12-11-17(19-20-23-24-21-19)15-9-5-6-10-16(15)18/h5-6,9-14,22H,2-4,7-8H2,1H3,(H,20,21,23,24). The summed E-state index contributed by atoms with van der Waals surface area (Å²) in [6.07, 6.45) is 5.78. The van der Waals surface area contributed by atoms with E-state index in [1.54, 1.807) is 12.1 Å². The summed E-state index contributed by atoms with van der Waals surface area (Å²) < 4.78 is 29.2. The minimum Gasteiger partial charge on any atom is -0.208 e. The average Bonchev–Trinajstić information content (AvgIpc) is 3.22. The van der Waals surface area contributed by atoms with Crippen molar-refractivity contribution in [1.29, 1.82) is 0 Å². The van der Waals surface area contributed by atoms with E-state index >= 15 is 0 Å². The van der Waals surface area contributed by atoms with Gasteiger partial charge >= 0.3 is 0 Å². The Bertz CT molecular complexity index is 1030. The maximum Gasteiger partial charge on any atom is 0.241 e. The largest absolute Gasteiger partial charge is 0.241 e. The summed E-state index contributed by atoms with van der Waals surface area (Å²) in [5.74, 6) is 0.845. The summed E-state index contributed by atoms with van der Waals surface area (Å²) in [5, 5.41) is 15.5. The van der Waals surface area contributed by atoms with Gasteiger partial charge in [0.25, 0.3) is 0 Å². The molecule has 1 heterocycles. The number of aromatic nitrogens is 4. The van der Waals surface area contributed by atoms with Gasteiger partial charge in [-0.2, -0.15) is 5.21 Å². The molecule has 0 aliphatic heterocycles. The Morgan fingerprint density at radius 1 is 1.07 bits per heavy atom. The highest BCUT2D eigenvalue weighted by atomic mass is 32.2. The van der Waals surface area contributed by atoms with Crippen molar-refractivity contribution >= 4 is 20.8 Å². The summed E-state index contributed by atoms with van der Waals surface area (Å²) in [6, 6.07) is 10.7. The van der Waals surface area contributed by atoms with Crippen molar-refractivity contribution in [2.75, 3.05) is 0 Å². The predicted octanol–water partition coefficient (Wildman–Crippen LogP) is 3.27. The van der Waals surface area contributed by atoms with Crippen molar-refractivity contribution in [3.63, 3.8) is 0 Å². The minimum atomic E-state index is -3.64. The first-order chi connectivity index (χ1) is 13.1. The highest BCUT2D eigenvalue weighted by Gasteiger charge is 2.26. The van der Waals surface area contributed by atoms with Crippen LogP contribution in [0.25, 0.3) is 22.2 Å². The van der Waals surface area contributed by atoms with Crippen LogP contribution in [-0.4, -0.2) is 35.1 Å². The highest BCUT2D eigenvalue weighted by molar-refractivity contribution is 7.89. The van der Waals surface area contributed by atoms with Gasteiger partial charge in [0.1, 0.15) is 0 Å². The maximum atomic E-state index is 13.1. The van der Waals surface area contributed by atoms with Crippen molar-refractivity contribution in [1.82, 2.24) is 25.3 Å². The lowest BCUT2D eigenvalue weighted by Gasteiger charge is -2.28. The number of nitrogens with zero attached hydrogens (tertiary/aromatic N) is 3. The number of benzene rings is 2. The van der Waals surface area contributed by atoms with Gasteiger partial charge in [-0.3, -0.25) is 0 Å². The number of sulfonamides is 1. The number of nitrogens with one attached hydrogen (secondary N) is 2. The summed E-state index contributed by atoms with van der Waals surface area (Å²) in [6.45, 7) is 1.98. The Morgan fingerprint density at radius 3 is 2.52 bits per heavy atom. The lowest BCUT2D eigenvalue weighted by Crippen LogP contribution is -2.38. The molecule has 1 aliphatic rings. The van der Waals surface area contributed by atoms with Crippen LogP contribution in [0.15, 0.2) is 41.3 Å². The zero-order chi connectivity index (χ0) is 18.9. The van der Waals surface area contributed by atoms with Crippen molar-refractivity contribution < 1.29 is 8.42 Å². The molecule has 2 N–H and O–H groups in total. The van der Waals surface area contributed by atoms with E-state index in [-0.39, 0.29) is 10.9 Å². The molecule has 1 aromatic heterocycles. The normalized spacial score (nSPS) is 17.2. The number of hydrogen-bond acceptors (Lipinski definition) is 5. The van der Waals surface area contributed by atoms with Gasteiger partial charge in [-0.25, -0.2) is 13.1 Å². The second kappa shape index (κ2) is 7.36. The minimum absolute atomic E-state index is 0.0778. The molecule has 2 aromatic carbocycles. The van der Waals surface area contributed by atoms with E-state index in [2.05, 4.69) is 25.3 Å². The fourth-order valence-corrected chi connectivity index (χ4v) is 5.54. The smallest absolute Gasteiger partial charge is 0.208 e. The fourth-order valence-electron chi connectivity index (χ4n) is 4.02. The molecule has 1 unspecified atom stereocenters. The van der Waals surface area contributed by atoms with Gasteiger partial charge in [-0.15, -0.1) is 10.2 Å². The molecule has 7 nitrogen and oxygen atoms in total. The summed E-state index contributed by atoms with van der Waals surface area (Å²) in [7, 11) is -3.64. The van der Waals surface area contributed by atoms with Gasteiger partial charge in [-0.05, 0) is 48.4 Å². The zero-order valence-corrected chi connectivity index (χ0v) is 16.0. The lowest BCUT2D eigenvalue weighted by molar-refractivity contribution is 0.303. The molecule has 142 valence electrons. The van der Waals surface area contributed by atoms with Gasteiger partial charge in [0.15, 0.2) is 0 Å². The third-order valence-corrected chi connectivity index (χ3v) is 7.07. The van der Waals surface area contributed by atoms with Crippen LogP contribution in [-0.2, 0) is 10.0 Å². The SMILES string of the molecule is CC(NS(=O)(=O)c1ccc(-c2nn[nH]n2)c2ccccc12)C1CCCCC1. The predicted molar refractivity (Wildman–Crippen MR) is 103 cm³/mol. The second-order valence-corrected chi connectivity index (χ2v) is 8.88. The molecule has 0 radical (unpaired) electrons. The van der Waals surface area contributed by atoms with Crippen molar-refractivity contribution in [3.05, 3.63) is 36.4 Å². The lowest BCUT2D eigenvalue weighted by atomic mass is 9.85. The molecule has 1 fully saturated rings. The molecule has 0 spiro atoms. The first-order valence-corrected chi connectivity index (χ1v) is 10.8. The van der Waals surface area contributed by atoms with Crippen molar-refractivity contribution in [2.24, 2.45) is 5.92 Å². The molecule has 1 aliphatic carbocycles. The Labute approximate surface area is 158 Å². The summed E-state index contributed by atoms with van der Waals surface area (Å²) in [4.78, 5) is 0.285. The first kappa shape index (κ1) is 18.1. The second-order valence-electron chi connectivity index (χ2n) is 7.20. The summed E-state index contributed by atoms with van der Waals surface area (Å²) >= 11 is 0. The molecular weight excluding hydrogens is 362 g/mol. The number of aromatic amines is 1. The van der Waals surface area contributed by atoms with Crippen LogP contribution in [0.1, 0.15) is 39.0 Å². The number of H-pyrrole nitrogens is 1. The number of rotatable bonds is 5. The highest BCUT2D eigenvalue weighted by Crippen LogP contribution is 2.32. The van der Waals surface area contributed by atoms with Gasteiger partial charge in [0, 0.05) is 17.0 Å². The molecule has 1 atom stereocenters. The fraction of sp³-hybridized carbons (Fsp3) is 0.421. The van der Waals surface area contributed by atoms with Crippen LogP contribution in [0.5, 0.6) is 0 Å². The van der Waals surface area contributed by atoms with Gasteiger partial charge < -0.3 is 0 Å². The Kier molecular flexibility index (Phi) is 4.92. The molecule has 8 heteroatoms. The number of tetrazole rings is 1. The van der Waals surface area contributed by atoms with Crippen molar-refractivity contribution in [2.45, 2.75) is 50.0 Å². The molecule has 0 saturated heterocycles.